The van der Waals surface area contributed by atoms with E-state index in [1.807, 2.05) is 33.0 Å². The van der Waals surface area contributed by atoms with Gasteiger partial charge in [0.2, 0.25) is 0 Å². The minimum Gasteiger partial charge on any atom is -0.398 e. The minimum absolute atomic E-state index is 0.101. The Morgan fingerprint density at radius 3 is 2.53 bits per heavy atom. The zero-order chi connectivity index (χ0) is 22.0. The Hall–Kier alpha value is -2.99. The van der Waals surface area contributed by atoms with Crippen molar-refractivity contribution < 1.29 is 0 Å². The first kappa shape index (κ1) is 21.7. The van der Waals surface area contributed by atoms with Crippen LogP contribution in [-0.2, 0) is 0 Å². The zero-order valence-electron chi connectivity index (χ0n) is 17.9. The fourth-order valence-electron chi connectivity index (χ4n) is 4.22. The molecule has 1 aromatic carbocycles. The van der Waals surface area contributed by atoms with Crippen molar-refractivity contribution >= 4 is 22.3 Å². The van der Waals surface area contributed by atoms with Crippen LogP contribution in [0.15, 0.2) is 15.7 Å². The van der Waals surface area contributed by atoms with E-state index in [0.29, 0.717) is 33.6 Å². The molecule has 0 amide bonds. The summed E-state index contributed by atoms with van der Waals surface area (Å²) in [6, 6.07) is 3.90. The number of hydrogen-bond acceptors (Lipinski definition) is 7. The molecule has 4 rings (SSSR count). The quantitative estimate of drug-likeness (QED) is 0.504. The molecule has 1 unspecified atom stereocenters. The van der Waals surface area contributed by atoms with Crippen molar-refractivity contribution in [3.05, 3.63) is 32.5 Å². The molecule has 2 aliphatic rings. The summed E-state index contributed by atoms with van der Waals surface area (Å²) in [5.74, 6) is 6.33. The molecule has 30 heavy (non-hydrogen) atoms. The summed E-state index contributed by atoms with van der Waals surface area (Å²) in [6.07, 6.45) is 3.58. The van der Waals surface area contributed by atoms with Crippen LogP contribution < -0.4 is 33.0 Å². The van der Waals surface area contributed by atoms with Gasteiger partial charge in [-0.25, -0.2) is 4.79 Å². The normalized spacial score (nSPS) is 18.2. The molecule has 2 fully saturated rings. The third-order valence-corrected chi connectivity index (χ3v) is 5.83. The first-order chi connectivity index (χ1) is 14.3. The molecule has 1 saturated heterocycles. The van der Waals surface area contributed by atoms with E-state index in [9.17, 15) is 9.59 Å². The summed E-state index contributed by atoms with van der Waals surface area (Å²) in [6.45, 7) is 6.65. The van der Waals surface area contributed by atoms with Crippen LogP contribution in [0.4, 0.5) is 11.4 Å². The second-order valence-electron chi connectivity index (χ2n) is 8.06. The van der Waals surface area contributed by atoms with E-state index in [4.69, 9.17) is 16.8 Å². The molecule has 0 radical (unpaired) electrons. The van der Waals surface area contributed by atoms with Crippen LogP contribution in [0.5, 0.6) is 0 Å². The van der Waals surface area contributed by atoms with E-state index < -0.39 is 11.2 Å². The topological polar surface area (TPSA) is 135 Å². The summed E-state index contributed by atoms with van der Waals surface area (Å²) >= 11 is 0. The van der Waals surface area contributed by atoms with E-state index >= 15 is 0 Å². The van der Waals surface area contributed by atoms with Crippen LogP contribution in [0, 0.1) is 24.2 Å². The van der Waals surface area contributed by atoms with Crippen LogP contribution >= 0.6 is 0 Å². The number of hydrogen-bond donors (Lipinski definition) is 3. The lowest BCUT2D eigenvalue weighted by molar-refractivity contribution is 0.549. The molecule has 1 aromatic heterocycles. The van der Waals surface area contributed by atoms with Crippen molar-refractivity contribution in [2.45, 2.75) is 45.6 Å². The summed E-state index contributed by atoms with van der Waals surface area (Å²) < 4.78 is 2.36. The highest BCUT2D eigenvalue weighted by Crippen LogP contribution is 2.39. The van der Waals surface area contributed by atoms with Gasteiger partial charge in [-0.2, -0.15) is 9.94 Å². The van der Waals surface area contributed by atoms with Crippen molar-refractivity contribution in [1.82, 2.24) is 14.6 Å². The molecule has 1 saturated carbocycles. The van der Waals surface area contributed by atoms with Crippen molar-refractivity contribution in [3.8, 4) is 6.07 Å². The number of benzene rings is 1. The monoisotopic (exact) mass is 413 g/mol. The maximum Gasteiger partial charge on any atom is 0.350 e. The Labute approximate surface area is 175 Å². The second-order valence-corrected chi connectivity index (χ2v) is 8.06. The second kappa shape index (κ2) is 8.79. The smallest absolute Gasteiger partial charge is 0.350 e. The molecule has 2 aromatic rings. The van der Waals surface area contributed by atoms with E-state index in [1.165, 1.54) is 0 Å². The third kappa shape index (κ3) is 3.87. The number of rotatable bonds is 4. The number of nitrogens with zero attached hydrogens (tertiary/aromatic N) is 4. The van der Waals surface area contributed by atoms with E-state index in [1.54, 1.807) is 4.57 Å². The average molecular weight is 414 g/mol. The summed E-state index contributed by atoms with van der Waals surface area (Å²) in [5.41, 5.74) is 8.27. The minimum atomic E-state index is -0.525. The van der Waals surface area contributed by atoms with Crippen molar-refractivity contribution in [1.29, 1.82) is 5.26 Å². The maximum absolute atomic E-state index is 12.7. The van der Waals surface area contributed by atoms with Gasteiger partial charge in [0, 0.05) is 36.9 Å². The van der Waals surface area contributed by atoms with Gasteiger partial charge >= 0.3 is 5.69 Å². The lowest BCUT2D eigenvalue weighted by atomic mass is 10.1. The van der Waals surface area contributed by atoms with E-state index in [0.717, 1.165) is 50.1 Å². The van der Waals surface area contributed by atoms with Gasteiger partial charge in [-0.15, -0.1) is 0 Å². The Balaban J connectivity index is 0.000000589. The molecule has 0 bridgehead atoms. The van der Waals surface area contributed by atoms with Gasteiger partial charge in [-0.3, -0.25) is 9.36 Å². The zero-order valence-corrected chi connectivity index (χ0v) is 17.9. The van der Waals surface area contributed by atoms with Crippen LogP contribution in [-0.4, -0.2) is 35.9 Å². The number of nitrogen functional groups attached to an aromatic ring is 2. The Kier molecular flexibility index (Phi) is 6.37. The lowest BCUT2D eigenvalue weighted by Crippen LogP contribution is -2.45. The van der Waals surface area contributed by atoms with Crippen LogP contribution in [0.3, 0.4) is 0 Å². The molecule has 1 aliphatic carbocycles. The number of aromatic nitrogens is 2. The molecular weight excluding hydrogens is 382 g/mol. The maximum atomic E-state index is 12.7. The fourth-order valence-corrected chi connectivity index (χ4v) is 4.22. The number of aryl methyl sites for hydroxylation is 1. The predicted octanol–water partition coefficient (Wildman–Crippen LogP) is 1.07. The first-order valence-electron chi connectivity index (χ1n) is 10.5. The highest BCUT2D eigenvalue weighted by Gasteiger charge is 2.31. The van der Waals surface area contributed by atoms with Gasteiger partial charge < -0.3 is 21.8 Å². The van der Waals surface area contributed by atoms with E-state index in [-0.39, 0.29) is 6.04 Å². The molecule has 2 heterocycles. The Bertz CT molecular complexity index is 1090. The SMILES string of the molecule is CCC#N.CNCC1CCN(c2cc(N)c3c(=O)n(N)c(=O)n(C4CC4)c3c2C)C1. The van der Waals surface area contributed by atoms with Gasteiger partial charge in [0.05, 0.1) is 17.0 Å². The Morgan fingerprint density at radius 2 is 1.97 bits per heavy atom. The number of nitrogens with one attached hydrogen (secondary N) is 1. The van der Waals surface area contributed by atoms with Crippen molar-refractivity contribution in [2.75, 3.05) is 43.2 Å². The number of anilines is 2. The molecule has 5 N–H and O–H groups in total. The number of nitriles is 1. The molecule has 162 valence electrons. The Morgan fingerprint density at radius 1 is 1.30 bits per heavy atom. The van der Waals surface area contributed by atoms with Crippen LogP contribution in [0.25, 0.3) is 10.9 Å². The highest BCUT2D eigenvalue weighted by molar-refractivity contribution is 5.96. The third-order valence-electron chi connectivity index (χ3n) is 5.83. The van der Waals surface area contributed by atoms with Crippen LogP contribution in [0.2, 0.25) is 0 Å². The summed E-state index contributed by atoms with van der Waals surface area (Å²) in [5, 5.41) is 11.2. The van der Waals surface area contributed by atoms with Gasteiger partial charge in [0.1, 0.15) is 0 Å². The van der Waals surface area contributed by atoms with Gasteiger partial charge in [0.25, 0.3) is 5.56 Å². The molecule has 0 spiro atoms. The fraction of sp³-hybridized carbons (Fsp3) is 0.571. The molecule has 9 heteroatoms. The molecular formula is C21H31N7O2. The van der Waals surface area contributed by atoms with Crippen molar-refractivity contribution in [2.24, 2.45) is 5.92 Å². The summed E-state index contributed by atoms with van der Waals surface area (Å²) in [4.78, 5) is 27.6. The van der Waals surface area contributed by atoms with Gasteiger partial charge in [0.15, 0.2) is 0 Å². The highest BCUT2D eigenvalue weighted by atomic mass is 16.2. The molecule has 1 atom stereocenters. The molecule has 9 nitrogen and oxygen atoms in total. The predicted molar refractivity (Wildman–Crippen MR) is 120 cm³/mol. The number of nitrogens with two attached hydrogens (primary N) is 2. The van der Waals surface area contributed by atoms with Gasteiger partial charge in [-0.1, -0.05) is 6.92 Å². The largest absolute Gasteiger partial charge is 0.398 e. The van der Waals surface area contributed by atoms with Crippen LogP contribution in [0.1, 0.15) is 44.2 Å². The molecule has 1 aliphatic heterocycles. The standard InChI is InChI=1S/C18H26N6O2.C3H5N/c1-10-14(22-6-5-11(9-22)8-21-2)7-13(19)15-16(10)23(12-3-4-12)18(26)24(20)17(15)25;1-2-3-4/h7,11-12,21H,3-6,8-9,19-20H2,1-2H3;2H2,1H3. The lowest BCUT2D eigenvalue weighted by Gasteiger charge is -2.24. The number of fused-ring (bicyclic) bond motifs is 1. The summed E-state index contributed by atoms with van der Waals surface area (Å²) in [7, 11) is 1.97. The van der Waals surface area contributed by atoms with Gasteiger partial charge in [-0.05, 0) is 57.3 Å². The average Bonchev–Trinajstić information content (AvgIpc) is 3.46. The van der Waals surface area contributed by atoms with E-state index in [2.05, 4.69) is 10.2 Å². The van der Waals surface area contributed by atoms with Crippen molar-refractivity contribution in [3.63, 3.8) is 0 Å². The first-order valence-corrected chi connectivity index (χ1v) is 10.5.